The molecule has 0 saturated carbocycles. The van der Waals surface area contributed by atoms with E-state index in [9.17, 15) is 0 Å². The fraction of sp³-hybridized carbons (Fsp3) is 0.375. The van der Waals surface area contributed by atoms with Crippen LogP contribution in [0, 0.1) is 0 Å². The highest BCUT2D eigenvalue weighted by Crippen LogP contribution is 2.40. The van der Waals surface area contributed by atoms with Crippen LogP contribution < -0.4 is 0 Å². The lowest BCUT2D eigenvalue weighted by Gasteiger charge is -2.10. The zero-order chi connectivity index (χ0) is 15.1. The second-order valence-corrected chi connectivity index (χ2v) is 7.21. The first kappa shape index (κ1) is 14.1. The molecule has 4 rings (SSSR count). The molecule has 112 valence electrons. The molecule has 1 aliphatic heterocycles. The molecule has 3 aromatic heterocycles. The van der Waals surface area contributed by atoms with Gasteiger partial charge in [-0.3, -0.25) is 0 Å². The first-order valence-electron chi connectivity index (χ1n) is 7.57. The second kappa shape index (κ2) is 5.59. The van der Waals surface area contributed by atoms with Crippen molar-refractivity contribution in [2.75, 3.05) is 5.75 Å². The van der Waals surface area contributed by atoms with Gasteiger partial charge in [0.25, 0.3) is 0 Å². The van der Waals surface area contributed by atoms with Gasteiger partial charge in [0.2, 0.25) is 0 Å². The molecule has 0 bridgehead atoms. The molecule has 0 spiro atoms. The van der Waals surface area contributed by atoms with Crippen molar-refractivity contribution >= 4 is 33.3 Å². The fourth-order valence-corrected chi connectivity index (χ4v) is 4.58. The molecule has 3 aromatic rings. The first-order chi connectivity index (χ1) is 10.8. The molecule has 0 radical (unpaired) electrons. The highest BCUT2D eigenvalue weighted by molar-refractivity contribution is 7.99. The number of thiophene rings is 1. The molecule has 6 heteroatoms. The second-order valence-electron chi connectivity index (χ2n) is 5.19. The molecule has 0 aliphatic carbocycles. The minimum absolute atomic E-state index is 0.833. The number of nitrogens with zero attached hydrogens (tertiary/aromatic N) is 4. The highest BCUT2D eigenvalue weighted by Gasteiger charge is 2.23. The molecule has 22 heavy (non-hydrogen) atoms. The normalized spacial score (nSPS) is 13.7. The average molecular weight is 328 g/mol. The van der Waals surface area contributed by atoms with Crippen LogP contribution in [0.3, 0.4) is 0 Å². The van der Waals surface area contributed by atoms with Crippen molar-refractivity contribution in [3.8, 4) is 11.4 Å². The number of thioether (sulfide) groups is 1. The lowest BCUT2D eigenvalue weighted by atomic mass is 10.2. The largest absolute Gasteiger partial charge is 0.237 e. The lowest BCUT2D eigenvalue weighted by molar-refractivity contribution is 0.869. The van der Waals surface area contributed by atoms with Crippen LogP contribution in [0.25, 0.3) is 21.6 Å². The number of hydrogen-bond donors (Lipinski definition) is 0. The summed E-state index contributed by atoms with van der Waals surface area (Å²) in [6.45, 7) is 4.19. The third kappa shape index (κ3) is 2.21. The molecule has 0 amide bonds. The summed E-state index contributed by atoms with van der Waals surface area (Å²) in [5, 5.41) is 2.08. The maximum Gasteiger partial charge on any atom is 0.129 e. The van der Waals surface area contributed by atoms with Crippen LogP contribution in [-0.2, 0) is 19.3 Å². The van der Waals surface area contributed by atoms with Crippen LogP contribution in [-0.4, -0.2) is 25.7 Å². The van der Waals surface area contributed by atoms with Crippen molar-refractivity contribution in [3.05, 3.63) is 28.8 Å². The molecule has 4 nitrogen and oxygen atoms in total. The minimum Gasteiger partial charge on any atom is -0.237 e. The monoisotopic (exact) mass is 328 g/mol. The quantitative estimate of drug-likeness (QED) is 0.729. The van der Waals surface area contributed by atoms with Crippen molar-refractivity contribution in [1.82, 2.24) is 19.9 Å². The molecule has 0 fully saturated rings. The molecule has 0 aromatic carbocycles. The van der Waals surface area contributed by atoms with Crippen molar-refractivity contribution < 1.29 is 0 Å². The number of aromatic nitrogens is 4. The zero-order valence-corrected chi connectivity index (χ0v) is 14.2. The van der Waals surface area contributed by atoms with Crippen LogP contribution in [0.5, 0.6) is 0 Å². The van der Waals surface area contributed by atoms with Gasteiger partial charge >= 0.3 is 0 Å². The van der Waals surface area contributed by atoms with E-state index in [1.165, 1.54) is 10.6 Å². The Morgan fingerprint density at radius 1 is 1.00 bits per heavy atom. The summed E-state index contributed by atoms with van der Waals surface area (Å²) >= 11 is 3.54. The molecule has 0 N–H and O–H groups in total. The minimum atomic E-state index is 0.833. The van der Waals surface area contributed by atoms with E-state index in [0.717, 1.165) is 58.3 Å². The van der Waals surface area contributed by atoms with Crippen molar-refractivity contribution in [3.63, 3.8) is 0 Å². The number of rotatable bonds is 3. The average Bonchev–Trinajstić information content (AvgIpc) is 3.21. The van der Waals surface area contributed by atoms with Gasteiger partial charge in [-0.15, -0.1) is 23.1 Å². The van der Waals surface area contributed by atoms with E-state index in [-0.39, 0.29) is 0 Å². The van der Waals surface area contributed by atoms with Crippen LogP contribution in [0.4, 0.5) is 0 Å². The predicted octanol–water partition coefficient (Wildman–Crippen LogP) is 3.92. The summed E-state index contributed by atoms with van der Waals surface area (Å²) in [6.07, 6.45) is 2.71. The predicted molar refractivity (Wildman–Crippen MR) is 91.6 cm³/mol. The summed E-state index contributed by atoms with van der Waals surface area (Å²) in [4.78, 5) is 20.2. The zero-order valence-electron chi connectivity index (χ0n) is 12.6. The third-order valence-corrected chi connectivity index (χ3v) is 5.81. The lowest BCUT2D eigenvalue weighted by Crippen LogP contribution is -2.03. The summed E-state index contributed by atoms with van der Waals surface area (Å²) in [6, 6.07) is 2.07. The standard InChI is InChI=1S/C16H16N4S2/c1-3-11-17-9-5-7-21-15(9)13(19-11)14-16-10(6-8-22-16)18-12(4-2)20-14/h5,7H,3-4,6,8H2,1-2H3. The molecular weight excluding hydrogens is 312 g/mol. The van der Waals surface area contributed by atoms with E-state index < -0.39 is 0 Å². The van der Waals surface area contributed by atoms with Crippen molar-refractivity contribution in [2.24, 2.45) is 0 Å². The van der Waals surface area contributed by atoms with Crippen molar-refractivity contribution in [2.45, 2.75) is 38.0 Å². The Bertz CT molecular complexity index is 857. The van der Waals surface area contributed by atoms with Gasteiger partial charge in [-0.2, -0.15) is 0 Å². The Morgan fingerprint density at radius 2 is 1.77 bits per heavy atom. The fourth-order valence-electron chi connectivity index (χ4n) is 2.67. The highest BCUT2D eigenvalue weighted by atomic mass is 32.2. The van der Waals surface area contributed by atoms with Gasteiger partial charge in [-0.25, -0.2) is 19.9 Å². The van der Waals surface area contributed by atoms with E-state index in [4.69, 9.17) is 15.0 Å². The molecule has 1 aliphatic rings. The van der Waals surface area contributed by atoms with Gasteiger partial charge in [0.15, 0.2) is 0 Å². The van der Waals surface area contributed by atoms with E-state index in [0.29, 0.717) is 0 Å². The Morgan fingerprint density at radius 3 is 2.59 bits per heavy atom. The van der Waals surface area contributed by atoms with Gasteiger partial charge in [0, 0.05) is 25.0 Å². The Kier molecular flexibility index (Phi) is 3.58. The molecule has 0 unspecified atom stereocenters. The van der Waals surface area contributed by atoms with Crippen LogP contribution in [0.1, 0.15) is 31.2 Å². The maximum atomic E-state index is 4.82. The summed E-state index contributed by atoms with van der Waals surface area (Å²) in [5.74, 6) is 2.88. The van der Waals surface area contributed by atoms with Gasteiger partial charge in [0.05, 0.1) is 20.8 Å². The van der Waals surface area contributed by atoms with E-state index in [1.54, 1.807) is 11.3 Å². The summed E-state index contributed by atoms with van der Waals surface area (Å²) < 4.78 is 1.13. The van der Waals surface area contributed by atoms with Gasteiger partial charge in [0.1, 0.15) is 23.0 Å². The van der Waals surface area contributed by atoms with Gasteiger partial charge in [-0.1, -0.05) is 13.8 Å². The number of hydrogen-bond acceptors (Lipinski definition) is 6. The summed E-state index contributed by atoms with van der Waals surface area (Å²) in [7, 11) is 0. The molecular formula is C16H16N4S2. The SMILES string of the molecule is CCc1nc2c(c(-c3nc(CC)nc4ccsc34)n1)SCC2. The molecule has 0 saturated heterocycles. The van der Waals surface area contributed by atoms with Gasteiger partial charge in [-0.05, 0) is 11.4 Å². The first-order valence-corrected chi connectivity index (χ1v) is 9.43. The van der Waals surface area contributed by atoms with Crippen molar-refractivity contribution in [1.29, 1.82) is 0 Å². The Balaban J connectivity index is 2.03. The molecule has 4 heterocycles. The Hall–Kier alpha value is -1.53. The smallest absolute Gasteiger partial charge is 0.129 e. The third-order valence-electron chi connectivity index (χ3n) is 3.77. The van der Waals surface area contributed by atoms with E-state index in [1.807, 2.05) is 11.8 Å². The molecule has 0 atom stereocenters. The van der Waals surface area contributed by atoms with E-state index in [2.05, 4.69) is 30.3 Å². The van der Waals surface area contributed by atoms with E-state index >= 15 is 0 Å². The van der Waals surface area contributed by atoms with Crippen LogP contribution in [0.15, 0.2) is 16.3 Å². The number of aryl methyl sites for hydroxylation is 3. The van der Waals surface area contributed by atoms with Crippen LogP contribution >= 0.6 is 23.1 Å². The van der Waals surface area contributed by atoms with Gasteiger partial charge < -0.3 is 0 Å². The van der Waals surface area contributed by atoms with Crippen LogP contribution in [0.2, 0.25) is 0 Å². The maximum absolute atomic E-state index is 4.82. The summed E-state index contributed by atoms with van der Waals surface area (Å²) in [5.41, 5.74) is 4.21. The number of fused-ring (bicyclic) bond motifs is 2. The topological polar surface area (TPSA) is 51.6 Å². The Labute approximate surface area is 137 Å².